The Morgan fingerprint density at radius 3 is 2.67 bits per heavy atom. The molecule has 0 spiro atoms. The van der Waals surface area contributed by atoms with Crippen LogP contribution in [0.2, 0.25) is 0 Å². The largest absolute Gasteiger partial charge is 0.329 e. The van der Waals surface area contributed by atoms with Crippen molar-refractivity contribution in [2.75, 3.05) is 6.54 Å². The smallest absolute Gasteiger partial charge is 0.0513 e. The maximum absolute atomic E-state index is 5.45. The van der Waals surface area contributed by atoms with E-state index in [0.717, 1.165) is 12.1 Å². The van der Waals surface area contributed by atoms with Crippen LogP contribution in [0.25, 0.3) is 0 Å². The highest BCUT2D eigenvalue weighted by Crippen LogP contribution is 2.23. The minimum absolute atomic E-state index is 0.398. The van der Waals surface area contributed by atoms with Gasteiger partial charge in [-0.2, -0.15) is 0 Å². The molecule has 2 N–H and O–H groups in total. The molecule has 0 bridgehead atoms. The molecule has 1 atom stereocenters. The topological polar surface area (TPSA) is 38.4 Å². The zero-order chi connectivity index (χ0) is 6.85. The fourth-order valence-corrected chi connectivity index (χ4v) is 1.06. The molecule has 0 radical (unpaired) electrons. The summed E-state index contributed by atoms with van der Waals surface area (Å²) in [5.74, 6) is 0.398. The third-order valence-electron chi connectivity index (χ3n) is 1.69. The second-order valence-electron chi connectivity index (χ2n) is 2.24. The summed E-state index contributed by atoms with van der Waals surface area (Å²) < 4.78 is 0. The molecule has 0 fully saturated rings. The SMILES string of the molecule is C=C1N=C(CC)C1CN. The standard InChI is InChI=1S/C7H12N2/c1-3-7-6(4-8)5(2)9-7/h6H,2-4,8H2,1H3. The molecule has 9 heavy (non-hydrogen) atoms. The first kappa shape index (κ1) is 6.49. The van der Waals surface area contributed by atoms with Crippen molar-refractivity contribution >= 4 is 5.71 Å². The van der Waals surface area contributed by atoms with Gasteiger partial charge < -0.3 is 5.73 Å². The van der Waals surface area contributed by atoms with Crippen molar-refractivity contribution in [3.05, 3.63) is 12.3 Å². The second kappa shape index (κ2) is 2.31. The molecule has 1 heterocycles. The number of hydrogen-bond donors (Lipinski definition) is 1. The van der Waals surface area contributed by atoms with Crippen LogP contribution in [0.15, 0.2) is 17.3 Å². The van der Waals surface area contributed by atoms with Gasteiger partial charge in [0.05, 0.1) is 5.92 Å². The van der Waals surface area contributed by atoms with Crippen molar-refractivity contribution < 1.29 is 0 Å². The first-order valence-corrected chi connectivity index (χ1v) is 3.26. The Hall–Kier alpha value is -0.630. The van der Waals surface area contributed by atoms with Gasteiger partial charge in [0.2, 0.25) is 0 Å². The van der Waals surface area contributed by atoms with Crippen LogP contribution in [-0.4, -0.2) is 12.3 Å². The van der Waals surface area contributed by atoms with Crippen LogP contribution in [0.5, 0.6) is 0 Å². The van der Waals surface area contributed by atoms with Gasteiger partial charge in [-0.3, -0.25) is 4.99 Å². The second-order valence-corrected chi connectivity index (χ2v) is 2.24. The zero-order valence-electron chi connectivity index (χ0n) is 5.72. The number of aliphatic imine (C=N–C) groups is 1. The van der Waals surface area contributed by atoms with Gasteiger partial charge >= 0.3 is 0 Å². The Balaban J connectivity index is 2.58. The number of hydrogen-bond acceptors (Lipinski definition) is 2. The first-order chi connectivity index (χ1) is 4.29. The average Bonchev–Trinajstić information content (AvgIpc) is 1.83. The molecule has 1 unspecified atom stereocenters. The van der Waals surface area contributed by atoms with E-state index in [4.69, 9.17) is 5.73 Å². The van der Waals surface area contributed by atoms with Crippen molar-refractivity contribution in [3.63, 3.8) is 0 Å². The number of rotatable bonds is 2. The van der Waals surface area contributed by atoms with Gasteiger partial charge in [-0.15, -0.1) is 0 Å². The fraction of sp³-hybridized carbons (Fsp3) is 0.571. The van der Waals surface area contributed by atoms with Crippen molar-refractivity contribution in [2.45, 2.75) is 13.3 Å². The fourth-order valence-electron chi connectivity index (χ4n) is 1.06. The molecule has 2 heteroatoms. The van der Waals surface area contributed by atoms with Crippen LogP contribution in [0, 0.1) is 5.92 Å². The molecule has 0 aromatic heterocycles. The van der Waals surface area contributed by atoms with E-state index in [0.29, 0.717) is 12.5 Å². The Kier molecular flexibility index (Phi) is 1.67. The van der Waals surface area contributed by atoms with E-state index < -0.39 is 0 Å². The Bertz CT molecular complexity index is 158. The van der Waals surface area contributed by atoms with E-state index in [1.165, 1.54) is 5.71 Å². The lowest BCUT2D eigenvalue weighted by Gasteiger charge is -2.25. The van der Waals surface area contributed by atoms with Gasteiger partial charge in [0, 0.05) is 18.0 Å². The third kappa shape index (κ3) is 0.900. The maximum Gasteiger partial charge on any atom is 0.0513 e. The summed E-state index contributed by atoms with van der Waals surface area (Å²) in [6.45, 7) is 6.51. The van der Waals surface area contributed by atoms with Crippen LogP contribution >= 0.6 is 0 Å². The molecule has 1 aliphatic heterocycles. The normalized spacial score (nSPS) is 25.3. The first-order valence-electron chi connectivity index (χ1n) is 3.26. The molecule has 1 aliphatic rings. The van der Waals surface area contributed by atoms with E-state index in [-0.39, 0.29) is 0 Å². The lowest BCUT2D eigenvalue weighted by molar-refractivity contribution is 0.732. The molecular formula is C7H12N2. The van der Waals surface area contributed by atoms with Crippen LogP contribution in [0.1, 0.15) is 13.3 Å². The summed E-state index contributed by atoms with van der Waals surface area (Å²) in [7, 11) is 0. The summed E-state index contributed by atoms with van der Waals surface area (Å²) >= 11 is 0. The molecule has 50 valence electrons. The lowest BCUT2D eigenvalue weighted by atomic mass is 9.92. The molecule has 0 aliphatic carbocycles. The van der Waals surface area contributed by atoms with Crippen molar-refractivity contribution in [2.24, 2.45) is 16.6 Å². The summed E-state index contributed by atoms with van der Waals surface area (Å²) in [6.07, 6.45) is 1.01. The highest BCUT2D eigenvalue weighted by Gasteiger charge is 2.23. The van der Waals surface area contributed by atoms with Gasteiger partial charge in [0.15, 0.2) is 0 Å². The van der Waals surface area contributed by atoms with Crippen molar-refractivity contribution in [1.82, 2.24) is 0 Å². The highest BCUT2D eigenvalue weighted by atomic mass is 14.9. The van der Waals surface area contributed by atoms with Crippen LogP contribution in [0.4, 0.5) is 0 Å². The van der Waals surface area contributed by atoms with Crippen LogP contribution in [0.3, 0.4) is 0 Å². The average molecular weight is 124 g/mol. The van der Waals surface area contributed by atoms with Gasteiger partial charge in [0.25, 0.3) is 0 Å². The maximum atomic E-state index is 5.45. The summed E-state index contributed by atoms with van der Waals surface area (Å²) in [5, 5.41) is 0. The van der Waals surface area contributed by atoms with E-state index in [1.807, 2.05) is 0 Å². The lowest BCUT2D eigenvalue weighted by Crippen LogP contribution is -2.31. The summed E-state index contributed by atoms with van der Waals surface area (Å²) in [6, 6.07) is 0. The zero-order valence-corrected chi connectivity index (χ0v) is 5.72. The predicted octanol–water partition coefficient (Wildman–Crippen LogP) is 0.940. The van der Waals surface area contributed by atoms with E-state index in [1.54, 1.807) is 0 Å². The molecule has 1 rings (SSSR count). The Morgan fingerprint density at radius 2 is 2.44 bits per heavy atom. The molecule has 0 saturated carbocycles. The van der Waals surface area contributed by atoms with Crippen molar-refractivity contribution in [3.8, 4) is 0 Å². The summed E-state index contributed by atoms with van der Waals surface area (Å²) in [5.41, 5.74) is 7.61. The molecule has 0 aromatic carbocycles. The monoisotopic (exact) mass is 124 g/mol. The minimum Gasteiger partial charge on any atom is -0.329 e. The molecule has 0 amide bonds. The van der Waals surface area contributed by atoms with Crippen molar-refractivity contribution in [1.29, 1.82) is 0 Å². The molecule has 0 saturated heterocycles. The molecule has 2 nitrogen and oxygen atoms in total. The van der Waals surface area contributed by atoms with Crippen LogP contribution in [-0.2, 0) is 0 Å². The van der Waals surface area contributed by atoms with E-state index in [2.05, 4.69) is 18.5 Å². The molecule has 0 aromatic rings. The van der Waals surface area contributed by atoms with Gasteiger partial charge in [-0.25, -0.2) is 0 Å². The minimum atomic E-state index is 0.398. The Labute approximate surface area is 55.5 Å². The van der Waals surface area contributed by atoms with Gasteiger partial charge in [-0.1, -0.05) is 13.5 Å². The van der Waals surface area contributed by atoms with E-state index in [9.17, 15) is 0 Å². The van der Waals surface area contributed by atoms with E-state index >= 15 is 0 Å². The predicted molar refractivity (Wildman–Crippen MR) is 39.4 cm³/mol. The third-order valence-corrected chi connectivity index (χ3v) is 1.69. The Morgan fingerprint density at radius 1 is 1.78 bits per heavy atom. The quantitative estimate of drug-likeness (QED) is 0.584. The molecular weight excluding hydrogens is 112 g/mol. The number of nitrogens with two attached hydrogens (primary N) is 1. The summed E-state index contributed by atoms with van der Waals surface area (Å²) in [4.78, 5) is 4.13. The number of nitrogens with zero attached hydrogens (tertiary/aromatic N) is 1. The van der Waals surface area contributed by atoms with Gasteiger partial charge in [-0.05, 0) is 6.42 Å². The van der Waals surface area contributed by atoms with Crippen LogP contribution < -0.4 is 5.73 Å². The highest BCUT2D eigenvalue weighted by molar-refractivity contribution is 5.95. The van der Waals surface area contributed by atoms with Gasteiger partial charge in [0.1, 0.15) is 0 Å².